The van der Waals surface area contributed by atoms with Crippen LogP contribution in [0.4, 0.5) is 4.39 Å². The van der Waals surface area contributed by atoms with Gasteiger partial charge in [-0.05, 0) is 19.1 Å². The van der Waals surface area contributed by atoms with E-state index in [1.165, 1.54) is 6.07 Å². The Morgan fingerprint density at radius 3 is 2.94 bits per heavy atom. The number of imidazole rings is 1. The highest BCUT2D eigenvalue weighted by molar-refractivity contribution is 5.93. The van der Waals surface area contributed by atoms with Crippen molar-refractivity contribution < 1.29 is 18.0 Å². The zero-order chi connectivity index (χ0) is 22.7. The summed E-state index contributed by atoms with van der Waals surface area (Å²) < 4.78 is 27.6. The number of rotatable bonds is 3. The average Bonchev–Trinajstić information content (AvgIpc) is 3.58. The fourth-order valence-electron chi connectivity index (χ4n) is 4.18. The summed E-state index contributed by atoms with van der Waals surface area (Å²) in [6.45, 7) is 2.08. The molecule has 0 aliphatic carbocycles. The number of H-pyrrole nitrogens is 1. The van der Waals surface area contributed by atoms with Crippen molar-refractivity contribution in [2.24, 2.45) is 7.05 Å². The molecular formula is C22H18FN7O3. The highest BCUT2D eigenvalue weighted by Gasteiger charge is 2.39. The second kappa shape index (κ2) is 7.12. The van der Waals surface area contributed by atoms with Crippen LogP contribution in [0.25, 0.3) is 22.6 Å². The smallest absolute Gasteiger partial charge is 0.292 e. The lowest BCUT2D eigenvalue weighted by atomic mass is 10.0. The topological polar surface area (TPSA) is 119 Å². The van der Waals surface area contributed by atoms with Crippen LogP contribution in [0.15, 0.2) is 45.8 Å². The zero-order valence-corrected chi connectivity index (χ0v) is 17.7. The first-order valence-electron chi connectivity index (χ1n) is 10.3. The minimum absolute atomic E-state index is 0.0391. The number of aromatic nitrogens is 6. The lowest BCUT2D eigenvalue weighted by Crippen LogP contribution is -2.41. The number of carbonyl (C=O) groups is 1. The molecule has 1 atom stereocenters. The van der Waals surface area contributed by atoms with E-state index in [2.05, 4.69) is 25.0 Å². The molecule has 10 nitrogen and oxygen atoms in total. The summed E-state index contributed by atoms with van der Waals surface area (Å²) in [7, 11) is 1.79. The monoisotopic (exact) mass is 447 g/mol. The van der Waals surface area contributed by atoms with Crippen LogP contribution in [-0.4, -0.2) is 47.1 Å². The molecular weight excluding hydrogens is 429 g/mol. The predicted octanol–water partition coefficient (Wildman–Crippen LogP) is 3.17. The zero-order valence-electron chi connectivity index (χ0n) is 17.7. The van der Waals surface area contributed by atoms with Crippen LogP contribution in [0.5, 0.6) is 0 Å². The molecule has 4 aromatic heterocycles. The number of carbonyl (C=O) groups excluding carboxylic acids is 1. The van der Waals surface area contributed by atoms with Gasteiger partial charge in [0.2, 0.25) is 17.5 Å². The van der Waals surface area contributed by atoms with Crippen LogP contribution in [0.1, 0.15) is 39.6 Å². The molecule has 166 valence electrons. The van der Waals surface area contributed by atoms with E-state index in [1.807, 2.05) is 0 Å². The Morgan fingerprint density at radius 1 is 1.27 bits per heavy atom. The quantitative estimate of drug-likeness (QED) is 0.451. The molecule has 1 N–H and O–H groups in total. The summed E-state index contributed by atoms with van der Waals surface area (Å²) in [5.74, 6) is -0.297. The molecule has 1 aromatic carbocycles. The van der Waals surface area contributed by atoms with Crippen molar-refractivity contribution in [1.82, 2.24) is 34.6 Å². The molecule has 1 aliphatic heterocycles. The number of hydrogen-bond donors (Lipinski definition) is 1. The highest BCUT2D eigenvalue weighted by atomic mass is 19.1. The SMILES string of the molecule is Cc1nc(-c2cnn(C)c2)oc1C(=O)N1CCc2[nH]cnc2[C@H]1c1nc2cccc(F)c2o1. The summed E-state index contributed by atoms with van der Waals surface area (Å²) in [5.41, 5.74) is 3.00. The molecule has 0 unspecified atom stereocenters. The number of oxazole rings is 2. The molecule has 5 heterocycles. The standard InChI is InChI=1S/C22H18FN7O3/c1-11-18(32-20(27-11)12-8-26-29(2)9-12)22(31)30-7-6-14-16(25-10-24-14)17(30)21-28-15-5-3-4-13(23)19(15)33-21/h3-5,8-10,17H,6-7H2,1-2H3,(H,24,25)/t17-/m0/s1. The third-order valence-electron chi connectivity index (χ3n) is 5.75. The summed E-state index contributed by atoms with van der Waals surface area (Å²) in [4.78, 5) is 31.6. The van der Waals surface area contributed by atoms with Gasteiger partial charge in [0, 0.05) is 31.9 Å². The number of nitrogens with one attached hydrogen (secondary N) is 1. The molecule has 33 heavy (non-hydrogen) atoms. The third-order valence-corrected chi connectivity index (χ3v) is 5.75. The number of fused-ring (bicyclic) bond motifs is 2. The van der Waals surface area contributed by atoms with Gasteiger partial charge in [-0.15, -0.1) is 0 Å². The summed E-state index contributed by atoms with van der Waals surface area (Å²) >= 11 is 0. The predicted molar refractivity (Wildman–Crippen MR) is 113 cm³/mol. The molecule has 6 rings (SSSR count). The van der Waals surface area contributed by atoms with E-state index in [0.29, 0.717) is 41.3 Å². The van der Waals surface area contributed by atoms with Gasteiger partial charge in [-0.2, -0.15) is 5.10 Å². The first kappa shape index (κ1) is 19.4. The second-order valence-corrected chi connectivity index (χ2v) is 7.89. The summed E-state index contributed by atoms with van der Waals surface area (Å²) in [6, 6.07) is 3.78. The molecule has 0 radical (unpaired) electrons. The third kappa shape index (κ3) is 3.04. The van der Waals surface area contributed by atoms with Gasteiger partial charge in [0.05, 0.1) is 29.5 Å². The molecule has 0 saturated carbocycles. The second-order valence-electron chi connectivity index (χ2n) is 7.89. The van der Waals surface area contributed by atoms with E-state index in [0.717, 1.165) is 5.69 Å². The minimum Gasteiger partial charge on any atom is -0.435 e. The van der Waals surface area contributed by atoms with Crippen molar-refractivity contribution in [2.45, 2.75) is 19.4 Å². The number of amides is 1. The van der Waals surface area contributed by atoms with Crippen molar-refractivity contribution in [3.05, 3.63) is 71.5 Å². The van der Waals surface area contributed by atoms with Crippen LogP contribution in [-0.2, 0) is 13.5 Å². The van der Waals surface area contributed by atoms with E-state index < -0.39 is 11.9 Å². The first-order valence-corrected chi connectivity index (χ1v) is 10.3. The number of benzene rings is 1. The summed E-state index contributed by atoms with van der Waals surface area (Å²) in [5, 5.41) is 4.12. The highest BCUT2D eigenvalue weighted by Crippen LogP contribution is 2.36. The van der Waals surface area contributed by atoms with E-state index in [9.17, 15) is 9.18 Å². The first-order chi connectivity index (χ1) is 16.0. The van der Waals surface area contributed by atoms with Gasteiger partial charge in [-0.25, -0.2) is 19.3 Å². The van der Waals surface area contributed by atoms with Crippen molar-refractivity contribution in [1.29, 1.82) is 0 Å². The minimum atomic E-state index is -0.745. The van der Waals surface area contributed by atoms with Crippen LogP contribution in [0.2, 0.25) is 0 Å². The number of aromatic amines is 1. The fourth-order valence-corrected chi connectivity index (χ4v) is 4.18. The molecule has 11 heteroatoms. The Morgan fingerprint density at radius 2 is 2.15 bits per heavy atom. The number of nitrogens with zero attached hydrogens (tertiary/aromatic N) is 6. The Hall–Kier alpha value is -4.28. The molecule has 0 fully saturated rings. The van der Waals surface area contributed by atoms with Gasteiger partial charge >= 0.3 is 0 Å². The maximum Gasteiger partial charge on any atom is 0.292 e. The largest absolute Gasteiger partial charge is 0.435 e. The molecule has 5 aromatic rings. The molecule has 1 aliphatic rings. The van der Waals surface area contributed by atoms with Crippen LogP contribution in [0.3, 0.4) is 0 Å². The van der Waals surface area contributed by atoms with E-state index in [4.69, 9.17) is 8.83 Å². The van der Waals surface area contributed by atoms with Crippen molar-refractivity contribution in [2.75, 3.05) is 6.54 Å². The lowest BCUT2D eigenvalue weighted by molar-refractivity contribution is 0.0634. The summed E-state index contributed by atoms with van der Waals surface area (Å²) in [6.07, 6.45) is 5.50. The lowest BCUT2D eigenvalue weighted by Gasteiger charge is -2.32. The number of aryl methyl sites for hydroxylation is 2. The van der Waals surface area contributed by atoms with Gasteiger partial charge in [-0.3, -0.25) is 9.48 Å². The van der Waals surface area contributed by atoms with Gasteiger partial charge in [0.25, 0.3) is 5.91 Å². The van der Waals surface area contributed by atoms with Gasteiger partial charge in [0.15, 0.2) is 17.4 Å². The van der Waals surface area contributed by atoms with E-state index >= 15 is 0 Å². The Kier molecular flexibility index (Phi) is 4.19. The van der Waals surface area contributed by atoms with Crippen LogP contribution >= 0.6 is 0 Å². The number of para-hydroxylation sites is 1. The van der Waals surface area contributed by atoms with E-state index in [1.54, 1.807) is 54.4 Å². The number of hydrogen-bond acceptors (Lipinski definition) is 7. The maximum absolute atomic E-state index is 14.3. The van der Waals surface area contributed by atoms with Gasteiger partial charge < -0.3 is 18.7 Å². The van der Waals surface area contributed by atoms with Gasteiger partial charge in [-0.1, -0.05) is 6.07 Å². The van der Waals surface area contributed by atoms with Crippen molar-refractivity contribution >= 4 is 17.0 Å². The Bertz CT molecular complexity index is 1510. The Balaban J connectivity index is 1.43. The normalized spacial score (nSPS) is 15.8. The van der Waals surface area contributed by atoms with E-state index in [-0.39, 0.29) is 23.1 Å². The molecule has 0 bridgehead atoms. The maximum atomic E-state index is 14.3. The fraction of sp³-hybridized carbons (Fsp3) is 0.227. The van der Waals surface area contributed by atoms with Crippen LogP contribution < -0.4 is 0 Å². The number of halogens is 1. The molecule has 0 spiro atoms. The average molecular weight is 447 g/mol. The van der Waals surface area contributed by atoms with Crippen molar-refractivity contribution in [3.63, 3.8) is 0 Å². The molecule has 0 saturated heterocycles. The van der Waals surface area contributed by atoms with Gasteiger partial charge in [0.1, 0.15) is 5.52 Å². The molecule has 1 amide bonds. The Labute approximate surface area is 186 Å². The van der Waals surface area contributed by atoms with Crippen molar-refractivity contribution in [3.8, 4) is 11.5 Å². The van der Waals surface area contributed by atoms with Crippen LogP contribution in [0, 0.1) is 12.7 Å².